The molecular formula is C10H14N2O5S. The summed E-state index contributed by atoms with van der Waals surface area (Å²) in [4.78, 5) is 14.2. The van der Waals surface area contributed by atoms with Crippen LogP contribution in [0.2, 0.25) is 0 Å². The molecular weight excluding hydrogens is 260 g/mol. The summed E-state index contributed by atoms with van der Waals surface area (Å²) in [6.07, 6.45) is -1.86. The van der Waals surface area contributed by atoms with E-state index in [-0.39, 0.29) is 6.61 Å². The summed E-state index contributed by atoms with van der Waals surface area (Å²) < 4.78 is 12.1. The Morgan fingerprint density at radius 3 is 2.94 bits per heavy atom. The molecule has 1 aromatic rings. The zero-order valence-electron chi connectivity index (χ0n) is 9.65. The molecule has 0 radical (unpaired) electrons. The second-order valence-electron chi connectivity index (χ2n) is 3.96. The van der Waals surface area contributed by atoms with Gasteiger partial charge in [-0.1, -0.05) is 12.2 Å². The third kappa shape index (κ3) is 2.25. The van der Waals surface area contributed by atoms with Crippen molar-refractivity contribution < 1.29 is 19.7 Å². The van der Waals surface area contributed by atoms with Crippen molar-refractivity contribution in [2.24, 2.45) is 0 Å². The van der Waals surface area contributed by atoms with Gasteiger partial charge in [0.15, 0.2) is 6.23 Å². The number of aliphatic hydroxyl groups excluding tert-OH is 2. The lowest BCUT2D eigenvalue weighted by Crippen LogP contribution is -2.37. The van der Waals surface area contributed by atoms with Gasteiger partial charge in [-0.15, -0.1) is 0 Å². The lowest BCUT2D eigenvalue weighted by Gasteiger charge is -2.20. The molecule has 1 aromatic heterocycles. The molecule has 0 bridgehead atoms. The highest BCUT2D eigenvalue weighted by Crippen LogP contribution is 2.29. The van der Waals surface area contributed by atoms with Gasteiger partial charge >= 0.3 is 5.69 Å². The summed E-state index contributed by atoms with van der Waals surface area (Å²) in [6, 6.07) is 1.53. The van der Waals surface area contributed by atoms with Crippen molar-refractivity contribution in [1.29, 1.82) is 0 Å². The number of methoxy groups -OCH3 is 1. The van der Waals surface area contributed by atoms with Gasteiger partial charge in [-0.2, -0.15) is 0 Å². The number of hydrogen-bond donors (Lipinski definition) is 3. The first-order valence-corrected chi connectivity index (χ1v) is 5.78. The lowest BCUT2D eigenvalue weighted by molar-refractivity contribution is -0.0625. The molecule has 2 heterocycles. The number of hydrogen-bond acceptors (Lipinski definition) is 6. The number of nitrogens with zero attached hydrogens (tertiary/aromatic N) is 1. The number of ether oxygens (including phenoxy) is 2. The van der Waals surface area contributed by atoms with Gasteiger partial charge in [-0.25, -0.2) is 4.79 Å². The van der Waals surface area contributed by atoms with E-state index in [4.69, 9.17) is 26.8 Å². The second-order valence-corrected chi connectivity index (χ2v) is 4.40. The standard InChI is InChI=1S/C10H14N2O5S/c1-16-8-7(14)5(4-13)17-9(8)12-3-2-6(18)11-10(12)15/h2-3,5,7-9,13-14H,4H2,1H3,(H,11,15,18). The smallest absolute Gasteiger partial charge is 0.328 e. The lowest BCUT2D eigenvalue weighted by atomic mass is 10.1. The third-order valence-corrected chi connectivity index (χ3v) is 3.13. The predicted octanol–water partition coefficient (Wildman–Crippen LogP) is -0.829. The minimum atomic E-state index is -1.000. The number of nitrogens with one attached hydrogen (secondary N) is 1. The fourth-order valence-corrected chi connectivity index (χ4v) is 2.12. The van der Waals surface area contributed by atoms with Crippen LogP contribution in [0.5, 0.6) is 0 Å². The average Bonchev–Trinajstić information content (AvgIpc) is 2.65. The first-order chi connectivity index (χ1) is 8.58. The fourth-order valence-electron chi connectivity index (χ4n) is 1.98. The van der Waals surface area contributed by atoms with Crippen LogP contribution < -0.4 is 5.69 Å². The summed E-state index contributed by atoms with van der Waals surface area (Å²) in [7, 11) is 1.40. The molecule has 0 spiro atoms. The van der Waals surface area contributed by atoms with E-state index in [1.54, 1.807) is 0 Å². The summed E-state index contributed by atoms with van der Waals surface area (Å²) in [6.45, 7) is -0.352. The van der Waals surface area contributed by atoms with Crippen molar-refractivity contribution in [3.63, 3.8) is 0 Å². The molecule has 4 atom stereocenters. The zero-order chi connectivity index (χ0) is 13.3. The van der Waals surface area contributed by atoms with Crippen molar-refractivity contribution in [2.75, 3.05) is 13.7 Å². The largest absolute Gasteiger partial charge is 0.394 e. The van der Waals surface area contributed by atoms with Crippen LogP contribution in [0.25, 0.3) is 0 Å². The minimum absolute atomic E-state index is 0.308. The molecule has 0 aliphatic carbocycles. The van der Waals surface area contributed by atoms with Crippen molar-refractivity contribution >= 4 is 12.2 Å². The van der Waals surface area contributed by atoms with E-state index in [2.05, 4.69) is 4.98 Å². The van der Waals surface area contributed by atoms with Crippen molar-refractivity contribution in [3.05, 3.63) is 27.4 Å². The molecule has 1 aliphatic heterocycles. The maximum absolute atomic E-state index is 11.8. The Hall–Kier alpha value is -1.06. The molecule has 4 unspecified atom stereocenters. The Labute approximate surface area is 108 Å². The molecule has 1 fully saturated rings. The molecule has 1 aliphatic rings. The van der Waals surface area contributed by atoms with E-state index < -0.39 is 30.2 Å². The van der Waals surface area contributed by atoms with Crippen molar-refractivity contribution in [3.8, 4) is 0 Å². The van der Waals surface area contributed by atoms with Gasteiger partial charge in [0, 0.05) is 13.3 Å². The van der Waals surface area contributed by atoms with Crippen LogP contribution in [-0.4, -0.2) is 51.8 Å². The van der Waals surface area contributed by atoms with Gasteiger partial charge in [-0.3, -0.25) is 9.55 Å². The zero-order valence-corrected chi connectivity index (χ0v) is 10.5. The molecule has 18 heavy (non-hydrogen) atoms. The van der Waals surface area contributed by atoms with Crippen LogP contribution in [0.4, 0.5) is 0 Å². The van der Waals surface area contributed by atoms with Crippen LogP contribution in [0.3, 0.4) is 0 Å². The SMILES string of the molecule is COC1C(O)C(CO)OC1n1ccc(=S)[nH]c1=O. The summed E-state index contributed by atoms with van der Waals surface area (Å²) >= 11 is 4.83. The van der Waals surface area contributed by atoms with E-state index >= 15 is 0 Å². The van der Waals surface area contributed by atoms with Gasteiger partial charge in [-0.05, 0) is 6.07 Å². The Kier molecular flexibility index (Phi) is 3.93. The highest BCUT2D eigenvalue weighted by Gasteiger charge is 2.44. The molecule has 0 saturated carbocycles. The van der Waals surface area contributed by atoms with Crippen LogP contribution >= 0.6 is 12.2 Å². The number of H-pyrrole nitrogens is 1. The highest BCUT2D eigenvalue weighted by atomic mass is 32.1. The van der Waals surface area contributed by atoms with E-state index in [9.17, 15) is 9.90 Å². The quantitative estimate of drug-likeness (QED) is 0.623. The van der Waals surface area contributed by atoms with E-state index in [1.165, 1.54) is 23.9 Å². The third-order valence-electron chi connectivity index (χ3n) is 2.89. The first kappa shape index (κ1) is 13.4. The van der Waals surface area contributed by atoms with Crippen molar-refractivity contribution in [1.82, 2.24) is 9.55 Å². The minimum Gasteiger partial charge on any atom is -0.394 e. The van der Waals surface area contributed by atoms with Gasteiger partial charge in [0.2, 0.25) is 0 Å². The summed E-state index contributed by atoms with van der Waals surface area (Å²) in [5, 5.41) is 18.9. The highest BCUT2D eigenvalue weighted by molar-refractivity contribution is 7.71. The Bertz CT molecular complexity index is 527. The van der Waals surface area contributed by atoms with Crippen LogP contribution in [0.15, 0.2) is 17.1 Å². The molecule has 100 valence electrons. The van der Waals surface area contributed by atoms with E-state index in [0.717, 1.165) is 0 Å². The fraction of sp³-hybridized carbons (Fsp3) is 0.600. The molecule has 7 nitrogen and oxygen atoms in total. The molecule has 3 N–H and O–H groups in total. The number of rotatable bonds is 3. The number of aliphatic hydroxyl groups is 2. The monoisotopic (exact) mass is 274 g/mol. The van der Waals surface area contributed by atoms with Crippen LogP contribution in [0.1, 0.15) is 6.23 Å². The summed E-state index contributed by atoms with van der Waals surface area (Å²) in [5.74, 6) is 0. The Balaban J connectivity index is 2.38. The molecule has 1 saturated heterocycles. The van der Waals surface area contributed by atoms with Gasteiger partial charge in [0.05, 0.1) is 6.61 Å². The predicted molar refractivity (Wildman–Crippen MR) is 63.7 cm³/mol. The number of aromatic nitrogens is 2. The maximum atomic E-state index is 11.8. The first-order valence-electron chi connectivity index (χ1n) is 5.37. The van der Waals surface area contributed by atoms with Gasteiger partial charge < -0.3 is 19.7 Å². The Morgan fingerprint density at radius 2 is 2.39 bits per heavy atom. The molecule has 8 heteroatoms. The van der Waals surface area contributed by atoms with Gasteiger partial charge in [0.25, 0.3) is 0 Å². The molecule has 2 rings (SSSR count). The van der Waals surface area contributed by atoms with Crippen molar-refractivity contribution in [2.45, 2.75) is 24.5 Å². The number of aromatic amines is 1. The maximum Gasteiger partial charge on any atom is 0.328 e. The van der Waals surface area contributed by atoms with Crippen LogP contribution in [-0.2, 0) is 9.47 Å². The topological polar surface area (TPSA) is 96.7 Å². The average molecular weight is 274 g/mol. The van der Waals surface area contributed by atoms with Gasteiger partial charge in [0.1, 0.15) is 23.0 Å². The summed E-state index contributed by atoms with van der Waals surface area (Å²) in [5.41, 5.74) is -0.458. The normalized spacial score (nSPS) is 31.7. The van der Waals surface area contributed by atoms with E-state index in [0.29, 0.717) is 4.64 Å². The Morgan fingerprint density at radius 1 is 1.67 bits per heavy atom. The second kappa shape index (κ2) is 5.29. The molecule has 0 aromatic carbocycles. The van der Waals surface area contributed by atoms with E-state index in [1.807, 2.05) is 0 Å². The molecule has 0 amide bonds. The van der Waals surface area contributed by atoms with Crippen LogP contribution in [0, 0.1) is 4.64 Å².